The van der Waals surface area contributed by atoms with Crippen LogP contribution in [-0.4, -0.2) is 62.0 Å². The van der Waals surface area contributed by atoms with Gasteiger partial charge in [-0.05, 0) is 44.5 Å². The van der Waals surface area contributed by atoms with Gasteiger partial charge in [0.05, 0.1) is 23.7 Å². The van der Waals surface area contributed by atoms with Crippen LogP contribution in [0.2, 0.25) is 0 Å². The highest BCUT2D eigenvalue weighted by Gasteiger charge is 2.29. The number of aromatic amines is 1. The molecule has 1 aliphatic rings. The molecular formula is C24H27N3O6S. The van der Waals surface area contributed by atoms with E-state index in [1.807, 2.05) is 24.3 Å². The summed E-state index contributed by atoms with van der Waals surface area (Å²) >= 11 is 0. The van der Waals surface area contributed by atoms with E-state index in [0.717, 1.165) is 5.52 Å². The van der Waals surface area contributed by atoms with Gasteiger partial charge in [0.1, 0.15) is 0 Å². The van der Waals surface area contributed by atoms with E-state index in [9.17, 15) is 18.0 Å². The maximum absolute atomic E-state index is 13.1. The molecule has 1 fully saturated rings. The molecule has 1 amide bonds. The van der Waals surface area contributed by atoms with Crippen molar-refractivity contribution in [3.05, 3.63) is 59.3 Å². The Bertz CT molecular complexity index is 1340. The van der Waals surface area contributed by atoms with Crippen LogP contribution in [0.4, 0.5) is 5.69 Å². The number of hydrogen-bond acceptors (Lipinski definition) is 6. The van der Waals surface area contributed by atoms with Gasteiger partial charge in [0.25, 0.3) is 5.91 Å². The van der Waals surface area contributed by atoms with Gasteiger partial charge < -0.3 is 19.8 Å². The van der Waals surface area contributed by atoms with Crippen molar-refractivity contribution in [3.63, 3.8) is 0 Å². The molecule has 0 bridgehead atoms. The summed E-state index contributed by atoms with van der Waals surface area (Å²) in [5.41, 5.74) is 2.70. The Morgan fingerprint density at radius 3 is 2.56 bits per heavy atom. The third kappa shape index (κ3) is 4.70. The lowest BCUT2D eigenvalue weighted by molar-refractivity contribution is -0.123. The predicted molar refractivity (Wildman–Crippen MR) is 127 cm³/mol. The molecule has 1 saturated heterocycles. The van der Waals surface area contributed by atoms with E-state index in [1.165, 1.54) is 17.3 Å². The van der Waals surface area contributed by atoms with Gasteiger partial charge in [0.15, 0.2) is 6.10 Å². The first kappa shape index (κ1) is 23.9. The number of benzene rings is 2. The second kappa shape index (κ2) is 9.57. The van der Waals surface area contributed by atoms with E-state index in [4.69, 9.17) is 9.47 Å². The molecule has 2 heterocycles. The number of para-hydroxylation sites is 1. The van der Waals surface area contributed by atoms with Gasteiger partial charge in [-0.2, -0.15) is 4.31 Å². The van der Waals surface area contributed by atoms with Gasteiger partial charge in [-0.15, -0.1) is 0 Å². The van der Waals surface area contributed by atoms with E-state index in [2.05, 4.69) is 10.3 Å². The fourth-order valence-electron chi connectivity index (χ4n) is 3.94. The number of nitrogens with one attached hydrogen (secondary N) is 2. The fourth-order valence-corrected chi connectivity index (χ4v) is 5.60. The molecule has 0 saturated carbocycles. The normalized spacial score (nSPS) is 15.7. The van der Waals surface area contributed by atoms with Crippen LogP contribution in [0, 0.1) is 13.8 Å². The summed E-state index contributed by atoms with van der Waals surface area (Å²) in [6.45, 7) is 6.17. The average molecular weight is 486 g/mol. The van der Waals surface area contributed by atoms with Crippen molar-refractivity contribution in [2.75, 3.05) is 31.6 Å². The largest absolute Gasteiger partial charge is 0.449 e. The number of amides is 1. The second-order valence-electron chi connectivity index (χ2n) is 8.20. The van der Waals surface area contributed by atoms with Crippen LogP contribution < -0.4 is 5.32 Å². The number of rotatable bonds is 6. The Kier molecular flexibility index (Phi) is 6.74. The average Bonchev–Trinajstić information content (AvgIpc) is 3.16. The molecule has 2 N–H and O–H groups in total. The van der Waals surface area contributed by atoms with Gasteiger partial charge >= 0.3 is 5.97 Å². The highest BCUT2D eigenvalue weighted by atomic mass is 32.2. The van der Waals surface area contributed by atoms with Crippen LogP contribution in [0.15, 0.2) is 47.4 Å². The molecule has 1 aliphatic heterocycles. The second-order valence-corrected chi connectivity index (χ2v) is 10.1. The summed E-state index contributed by atoms with van der Waals surface area (Å²) < 4.78 is 38.2. The Morgan fingerprint density at radius 2 is 1.82 bits per heavy atom. The topological polar surface area (TPSA) is 118 Å². The molecule has 1 atom stereocenters. The van der Waals surface area contributed by atoms with E-state index >= 15 is 0 Å². The maximum atomic E-state index is 13.1. The molecule has 4 rings (SSSR count). The summed E-state index contributed by atoms with van der Waals surface area (Å²) in [6.07, 6.45) is -1.10. The monoisotopic (exact) mass is 485 g/mol. The molecule has 10 heteroatoms. The number of fused-ring (bicyclic) bond motifs is 1. The first-order valence-corrected chi connectivity index (χ1v) is 12.4. The predicted octanol–water partition coefficient (Wildman–Crippen LogP) is 2.99. The number of esters is 1. The van der Waals surface area contributed by atoms with Crippen LogP contribution in [0.1, 0.15) is 28.5 Å². The van der Waals surface area contributed by atoms with Crippen molar-refractivity contribution in [2.45, 2.75) is 31.8 Å². The minimum Gasteiger partial charge on any atom is -0.449 e. The molecule has 3 aromatic rings. The number of morpholine rings is 1. The van der Waals surface area contributed by atoms with Gasteiger partial charge in [0, 0.05) is 35.4 Å². The Hall–Kier alpha value is -3.21. The van der Waals surface area contributed by atoms with Crippen LogP contribution in [0.25, 0.3) is 10.9 Å². The van der Waals surface area contributed by atoms with Crippen LogP contribution in [-0.2, 0) is 24.3 Å². The number of sulfonamides is 1. The SMILES string of the molecule is Cc1ccc(NC(=O)C(C)OC(=O)c2c(C)[nH]c3ccccc23)cc1S(=O)(=O)N1CCOCC1. The molecule has 0 aliphatic carbocycles. The maximum Gasteiger partial charge on any atom is 0.341 e. The number of carbonyl (C=O) groups is 2. The number of H-pyrrole nitrogens is 1. The molecular weight excluding hydrogens is 458 g/mol. The van der Waals surface area contributed by atoms with Gasteiger partial charge in [-0.25, -0.2) is 13.2 Å². The van der Waals surface area contributed by atoms with Gasteiger partial charge in [-0.1, -0.05) is 24.3 Å². The Morgan fingerprint density at radius 1 is 1.12 bits per heavy atom. The molecule has 0 spiro atoms. The molecule has 180 valence electrons. The Balaban J connectivity index is 1.48. The first-order valence-electron chi connectivity index (χ1n) is 11.0. The lowest BCUT2D eigenvalue weighted by atomic mass is 10.1. The minimum atomic E-state index is -3.73. The summed E-state index contributed by atoms with van der Waals surface area (Å²) in [5, 5.41) is 3.37. The third-order valence-electron chi connectivity index (χ3n) is 5.79. The number of nitrogens with zero attached hydrogens (tertiary/aromatic N) is 1. The third-order valence-corrected chi connectivity index (χ3v) is 7.83. The summed E-state index contributed by atoms with van der Waals surface area (Å²) in [7, 11) is -3.73. The highest BCUT2D eigenvalue weighted by molar-refractivity contribution is 7.89. The standard InChI is InChI=1S/C24H27N3O6S/c1-15-8-9-18(14-21(15)34(30,31)27-10-12-32-13-11-27)26-23(28)17(3)33-24(29)22-16(2)25-20-7-5-4-6-19(20)22/h4-9,14,17,25H,10-13H2,1-3H3,(H,26,28). The van der Waals surface area contributed by atoms with Crippen molar-refractivity contribution >= 4 is 38.5 Å². The van der Waals surface area contributed by atoms with Crippen LogP contribution in [0.5, 0.6) is 0 Å². The lowest BCUT2D eigenvalue weighted by Crippen LogP contribution is -2.40. The van der Waals surface area contributed by atoms with Crippen molar-refractivity contribution in [2.24, 2.45) is 0 Å². The lowest BCUT2D eigenvalue weighted by Gasteiger charge is -2.27. The Labute approximate surface area is 198 Å². The molecule has 9 nitrogen and oxygen atoms in total. The number of hydrogen-bond donors (Lipinski definition) is 2. The van der Waals surface area contributed by atoms with Crippen LogP contribution in [0.3, 0.4) is 0 Å². The van der Waals surface area contributed by atoms with E-state index in [0.29, 0.717) is 41.1 Å². The number of anilines is 1. The van der Waals surface area contributed by atoms with E-state index in [-0.39, 0.29) is 18.0 Å². The van der Waals surface area contributed by atoms with Crippen molar-refractivity contribution in [3.8, 4) is 0 Å². The van der Waals surface area contributed by atoms with E-state index in [1.54, 1.807) is 26.0 Å². The smallest absolute Gasteiger partial charge is 0.341 e. The zero-order valence-corrected chi connectivity index (χ0v) is 20.1. The van der Waals surface area contributed by atoms with Crippen molar-refractivity contribution in [1.82, 2.24) is 9.29 Å². The van der Waals surface area contributed by atoms with Crippen molar-refractivity contribution < 1.29 is 27.5 Å². The van der Waals surface area contributed by atoms with Gasteiger partial charge in [-0.3, -0.25) is 4.79 Å². The number of carbonyl (C=O) groups excluding carboxylic acids is 2. The number of aryl methyl sites for hydroxylation is 2. The number of ether oxygens (including phenoxy) is 2. The first-order chi connectivity index (χ1) is 16.2. The van der Waals surface area contributed by atoms with Crippen molar-refractivity contribution in [1.29, 1.82) is 0 Å². The molecule has 2 aromatic carbocycles. The highest BCUT2D eigenvalue weighted by Crippen LogP contribution is 2.25. The van der Waals surface area contributed by atoms with Gasteiger partial charge in [0.2, 0.25) is 10.0 Å². The van der Waals surface area contributed by atoms with E-state index < -0.39 is 28.0 Å². The summed E-state index contributed by atoms with van der Waals surface area (Å²) in [6, 6.07) is 12.0. The zero-order valence-electron chi connectivity index (χ0n) is 19.3. The summed E-state index contributed by atoms with van der Waals surface area (Å²) in [4.78, 5) is 28.8. The quantitative estimate of drug-likeness (QED) is 0.519. The molecule has 34 heavy (non-hydrogen) atoms. The number of aromatic nitrogens is 1. The molecule has 1 aromatic heterocycles. The molecule has 1 unspecified atom stereocenters. The van der Waals surface area contributed by atoms with Crippen LogP contribution >= 0.6 is 0 Å². The zero-order chi connectivity index (χ0) is 24.5. The minimum absolute atomic E-state index is 0.117. The summed E-state index contributed by atoms with van der Waals surface area (Å²) in [5.74, 6) is -1.18. The fraction of sp³-hybridized carbons (Fsp3) is 0.333. The molecule has 0 radical (unpaired) electrons.